The quantitative estimate of drug-likeness (QED) is 0.246. The first kappa shape index (κ1) is 35.3. The zero-order valence-electron chi connectivity index (χ0n) is 28.4. The summed E-state index contributed by atoms with van der Waals surface area (Å²) in [4.78, 5) is 80.2. The molecule has 0 unspecified atom stereocenters. The minimum atomic E-state index is -4.45. The molecule has 0 aliphatic carbocycles. The zero-order valence-corrected chi connectivity index (χ0v) is 29.3. The van der Waals surface area contributed by atoms with Gasteiger partial charge in [0.05, 0.1) is 42.9 Å². The average molecular weight is 729 g/mol. The Morgan fingerprint density at radius 1 is 1.00 bits per heavy atom. The molecule has 0 radical (unpaired) electrons. The van der Waals surface area contributed by atoms with E-state index in [0.717, 1.165) is 5.56 Å². The van der Waals surface area contributed by atoms with Crippen LogP contribution in [0.25, 0.3) is 21.7 Å². The van der Waals surface area contributed by atoms with Gasteiger partial charge >= 0.3 is 7.60 Å². The van der Waals surface area contributed by atoms with Crippen molar-refractivity contribution in [1.82, 2.24) is 25.2 Å². The maximum atomic E-state index is 14.6. The SMILES string of the molecule is Cc1ccc2onc(C(=O)N3CC[C@H]4CC[C@@H](C(=O)N5CCOCC5)N4C(=O)[C@@H](NC(=O)c4ccc5c(C#N)cc(CP(=O)(O)O)cc5c4)C3)c2c1. The van der Waals surface area contributed by atoms with Crippen molar-refractivity contribution >= 4 is 53.0 Å². The number of benzene rings is 3. The summed E-state index contributed by atoms with van der Waals surface area (Å²) in [7, 11) is -4.45. The number of nitrogens with zero attached hydrogens (tertiary/aromatic N) is 5. The summed E-state index contributed by atoms with van der Waals surface area (Å²) < 4.78 is 22.6. The molecule has 3 saturated heterocycles. The number of nitrogens with one attached hydrogen (secondary N) is 1. The molecule has 3 N–H and O–H groups in total. The van der Waals surface area contributed by atoms with Crippen molar-refractivity contribution in [2.45, 2.75) is 50.5 Å². The Hall–Kier alpha value is -5.13. The highest BCUT2D eigenvalue weighted by atomic mass is 31.2. The third kappa shape index (κ3) is 7.03. The summed E-state index contributed by atoms with van der Waals surface area (Å²) in [6, 6.07) is 12.5. The smallest absolute Gasteiger partial charge is 0.329 e. The molecule has 4 heterocycles. The topological polar surface area (TPSA) is 207 Å². The van der Waals surface area contributed by atoms with Gasteiger partial charge in [-0.2, -0.15) is 5.26 Å². The van der Waals surface area contributed by atoms with Crippen LogP contribution in [0.1, 0.15) is 56.8 Å². The minimum Gasteiger partial charge on any atom is -0.378 e. The highest BCUT2D eigenvalue weighted by Gasteiger charge is 2.47. The number of hydrogen-bond donors (Lipinski definition) is 3. The van der Waals surface area contributed by atoms with E-state index in [-0.39, 0.29) is 47.4 Å². The number of rotatable bonds is 6. The zero-order chi connectivity index (χ0) is 36.7. The lowest BCUT2D eigenvalue weighted by atomic mass is 9.99. The first-order valence-electron chi connectivity index (χ1n) is 17.1. The number of nitriles is 1. The van der Waals surface area contributed by atoms with Crippen molar-refractivity contribution in [3.8, 4) is 6.07 Å². The summed E-state index contributed by atoms with van der Waals surface area (Å²) >= 11 is 0. The van der Waals surface area contributed by atoms with E-state index in [1.807, 2.05) is 19.1 Å². The van der Waals surface area contributed by atoms with Crippen LogP contribution < -0.4 is 5.32 Å². The molecule has 3 atom stereocenters. The van der Waals surface area contributed by atoms with E-state index < -0.39 is 43.6 Å². The predicted octanol–water partition coefficient (Wildman–Crippen LogP) is 2.70. The van der Waals surface area contributed by atoms with Gasteiger partial charge in [0, 0.05) is 31.2 Å². The van der Waals surface area contributed by atoms with Crippen LogP contribution >= 0.6 is 7.60 Å². The van der Waals surface area contributed by atoms with Gasteiger partial charge in [0.15, 0.2) is 11.3 Å². The predicted molar refractivity (Wildman–Crippen MR) is 186 cm³/mol. The second-order valence-corrected chi connectivity index (χ2v) is 15.2. The Labute approximate surface area is 298 Å². The molecule has 15 nitrogen and oxygen atoms in total. The summed E-state index contributed by atoms with van der Waals surface area (Å²) in [5, 5.41) is 18.0. The fraction of sp³-hybridized carbons (Fsp3) is 0.389. The number of hydrogen-bond acceptors (Lipinski definition) is 9. The van der Waals surface area contributed by atoms with Gasteiger partial charge in [-0.05, 0) is 72.9 Å². The van der Waals surface area contributed by atoms with E-state index in [9.17, 15) is 38.8 Å². The number of amides is 4. The van der Waals surface area contributed by atoms with E-state index in [4.69, 9.17) is 9.26 Å². The summed E-state index contributed by atoms with van der Waals surface area (Å²) in [5.41, 5.74) is 1.97. The molecule has 52 heavy (non-hydrogen) atoms. The second-order valence-electron chi connectivity index (χ2n) is 13.5. The monoisotopic (exact) mass is 728 g/mol. The molecule has 3 aromatic carbocycles. The van der Waals surface area contributed by atoms with Crippen molar-refractivity contribution in [1.29, 1.82) is 5.26 Å². The first-order chi connectivity index (χ1) is 24.9. The molecular formula is C36H37N6O9P. The molecule has 270 valence electrons. The van der Waals surface area contributed by atoms with Crippen molar-refractivity contribution in [2.75, 3.05) is 39.4 Å². The highest BCUT2D eigenvalue weighted by Crippen LogP contribution is 2.40. The van der Waals surface area contributed by atoms with Gasteiger partial charge in [0.1, 0.15) is 12.1 Å². The normalized spacial score (nSPS) is 21.1. The summed E-state index contributed by atoms with van der Waals surface area (Å²) in [6.07, 6.45) is 0.820. The molecule has 4 amide bonds. The third-order valence-electron chi connectivity index (χ3n) is 10.0. The Bertz CT molecular complexity index is 2190. The molecule has 3 fully saturated rings. The largest absolute Gasteiger partial charge is 0.378 e. The van der Waals surface area contributed by atoms with Gasteiger partial charge in [0.2, 0.25) is 11.8 Å². The number of fused-ring (bicyclic) bond motifs is 3. The van der Waals surface area contributed by atoms with E-state index in [1.165, 1.54) is 29.2 Å². The lowest BCUT2D eigenvalue weighted by Gasteiger charge is -2.40. The molecule has 0 spiro atoms. The lowest BCUT2D eigenvalue weighted by molar-refractivity contribution is -0.149. The molecule has 4 aromatic rings. The van der Waals surface area contributed by atoms with E-state index in [2.05, 4.69) is 10.5 Å². The lowest BCUT2D eigenvalue weighted by Crippen LogP contribution is -2.61. The summed E-state index contributed by atoms with van der Waals surface area (Å²) in [6.45, 7) is 3.56. The van der Waals surface area contributed by atoms with Gasteiger partial charge in [-0.3, -0.25) is 23.7 Å². The van der Waals surface area contributed by atoms with Crippen LogP contribution in [-0.4, -0.2) is 111 Å². The standard InChI is InChI=1S/C36H37N6O9P/c1-21-2-7-31-28(14-21)32(39-51-31)36(46)41-9-8-26-4-6-30(35(45)40-10-12-50-13-11-40)42(26)34(44)29(19-41)38-33(43)23-3-5-27-24(17-23)15-22(16-25(27)18-37)20-52(47,48)49/h2-3,5,7,14-17,26,29-30H,4,6,8-13,19-20H2,1H3,(H,38,43)(H2,47,48,49)/t26-,29+,30+/m1/s1. The second kappa shape index (κ2) is 14.1. The molecule has 7 rings (SSSR count). The molecule has 16 heteroatoms. The molecule has 0 saturated carbocycles. The highest BCUT2D eigenvalue weighted by molar-refractivity contribution is 7.50. The number of carbonyl (C=O) groups is 4. The first-order valence-corrected chi connectivity index (χ1v) is 18.9. The van der Waals surface area contributed by atoms with E-state index >= 15 is 0 Å². The number of aromatic nitrogens is 1. The van der Waals surface area contributed by atoms with Crippen LogP contribution in [-0.2, 0) is 25.1 Å². The van der Waals surface area contributed by atoms with E-state index in [1.54, 1.807) is 28.0 Å². The van der Waals surface area contributed by atoms with Crippen LogP contribution in [0.15, 0.2) is 53.1 Å². The molecule has 3 aliphatic rings. The third-order valence-corrected chi connectivity index (χ3v) is 10.8. The summed E-state index contributed by atoms with van der Waals surface area (Å²) in [5.74, 6) is -1.77. The fourth-order valence-corrected chi connectivity index (χ4v) is 8.15. The number of aryl methyl sites for hydroxylation is 1. The fourth-order valence-electron chi connectivity index (χ4n) is 7.50. The van der Waals surface area contributed by atoms with Crippen molar-refractivity contribution in [2.24, 2.45) is 0 Å². The van der Waals surface area contributed by atoms with Crippen molar-refractivity contribution in [3.63, 3.8) is 0 Å². The number of morpholine rings is 1. The van der Waals surface area contributed by atoms with Crippen LogP contribution in [0.4, 0.5) is 0 Å². The van der Waals surface area contributed by atoms with E-state index in [0.29, 0.717) is 67.3 Å². The van der Waals surface area contributed by atoms with Crippen LogP contribution in [0.5, 0.6) is 0 Å². The van der Waals surface area contributed by atoms with Crippen molar-refractivity contribution < 1.29 is 42.8 Å². The Morgan fingerprint density at radius 3 is 2.54 bits per heavy atom. The molecule has 1 aromatic heterocycles. The molecule has 3 aliphatic heterocycles. The number of ether oxygens (including phenoxy) is 1. The van der Waals surface area contributed by atoms with Gasteiger partial charge < -0.3 is 39.1 Å². The number of carbonyl (C=O) groups excluding carboxylic acids is 4. The minimum absolute atomic E-state index is 0.0920. The Morgan fingerprint density at radius 2 is 1.79 bits per heavy atom. The average Bonchev–Trinajstić information content (AvgIpc) is 3.74. The van der Waals surface area contributed by atoms with Gasteiger partial charge in [-0.15, -0.1) is 0 Å². The van der Waals surface area contributed by atoms with Crippen LogP contribution in [0.2, 0.25) is 0 Å². The van der Waals surface area contributed by atoms with Gasteiger partial charge in [-0.1, -0.05) is 28.9 Å². The maximum absolute atomic E-state index is 14.6. The van der Waals surface area contributed by atoms with Crippen molar-refractivity contribution in [3.05, 3.63) is 76.5 Å². The Kier molecular flexibility index (Phi) is 9.58. The van der Waals surface area contributed by atoms with Gasteiger partial charge in [-0.25, -0.2) is 0 Å². The van der Waals surface area contributed by atoms with Crippen LogP contribution in [0, 0.1) is 18.3 Å². The van der Waals surface area contributed by atoms with Gasteiger partial charge in [0.25, 0.3) is 11.8 Å². The molecular weight excluding hydrogens is 691 g/mol. The molecule has 0 bridgehead atoms. The Balaban J connectivity index is 1.22. The maximum Gasteiger partial charge on any atom is 0.329 e. The van der Waals surface area contributed by atoms with Crippen LogP contribution in [0.3, 0.4) is 0 Å².